The highest BCUT2D eigenvalue weighted by molar-refractivity contribution is 7.10. The summed E-state index contributed by atoms with van der Waals surface area (Å²) in [6, 6.07) is 7.52. The van der Waals surface area contributed by atoms with Gasteiger partial charge in [-0.1, -0.05) is 0 Å². The lowest BCUT2D eigenvalue weighted by Crippen LogP contribution is -2.50. The smallest absolute Gasteiger partial charge is 0.317 e. The number of benzene rings is 1. The summed E-state index contributed by atoms with van der Waals surface area (Å²) >= 11 is 1.69. The van der Waals surface area contributed by atoms with Crippen molar-refractivity contribution in [2.45, 2.75) is 32.2 Å². The van der Waals surface area contributed by atoms with Gasteiger partial charge in [-0.05, 0) is 73.4 Å². The van der Waals surface area contributed by atoms with Crippen molar-refractivity contribution in [2.75, 3.05) is 32.8 Å². The molecule has 6 nitrogen and oxygen atoms in total. The summed E-state index contributed by atoms with van der Waals surface area (Å²) in [4.78, 5) is 30.5. The van der Waals surface area contributed by atoms with Gasteiger partial charge in [0.2, 0.25) is 5.91 Å². The van der Waals surface area contributed by atoms with Crippen LogP contribution in [-0.2, 0) is 11.2 Å². The normalized spacial score (nSPS) is 17.7. The molecule has 31 heavy (non-hydrogen) atoms. The van der Waals surface area contributed by atoms with Crippen molar-refractivity contribution >= 4 is 23.3 Å². The average Bonchev–Trinajstić information content (AvgIpc) is 3.45. The van der Waals surface area contributed by atoms with Crippen LogP contribution in [0.2, 0.25) is 0 Å². The van der Waals surface area contributed by atoms with Crippen molar-refractivity contribution in [1.29, 1.82) is 0 Å². The molecule has 0 radical (unpaired) electrons. The van der Waals surface area contributed by atoms with Gasteiger partial charge in [0.25, 0.3) is 0 Å². The Morgan fingerprint density at radius 1 is 1.26 bits per heavy atom. The summed E-state index contributed by atoms with van der Waals surface area (Å²) in [7, 11) is 0. The van der Waals surface area contributed by atoms with Gasteiger partial charge in [0.05, 0.1) is 6.04 Å². The van der Waals surface area contributed by atoms with Crippen LogP contribution in [-0.4, -0.2) is 54.5 Å². The molecule has 1 fully saturated rings. The summed E-state index contributed by atoms with van der Waals surface area (Å²) in [5.41, 5.74) is 1.10. The van der Waals surface area contributed by atoms with Gasteiger partial charge < -0.3 is 19.9 Å². The van der Waals surface area contributed by atoms with Crippen LogP contribution >= 0.6 is 11.3 Å². The maximum Gasteiger partial charge on any atom is 0.317 e. The average molecular weight is 446 g/mol. The monoisotopic (exact) mass is 445 g/mol. The summed E-state index contributed by atoms with van der Waals surface area (Å²) in [5, 5.41) is 4.86. The molecule has 0 saturated heterocycles. The molecule has 2 aromatic rings. The minimum Gasteiger partial charge on any atom is -0.491 e. The number of urea groups is 1. The molecule has 1 saturated carbocycles. The molecule has 1 unspecified atom stereocenters. The quantitative estimate of drug-likeness (QED) is 0.672. The van der Waals surface area contributed by atoms with Gasteiger partial charge in [-0.3, -0.25) is 4.79 Å². The molecule has 2 heterocycles. The van der Waals surface area contributed by atoms with E-state index in [4.69, 9.17) is 4.74 Å². The summed E-state index contributed by atoms with van der Waals surface area (Å²) in [6.45, 7) is 3.97. The first-order valence-corrected chi connectivity index (χ1v) is 11.7. The van der Waals surface area contributed by atoms with E-state index in [1.807, 2.05) is 23.3 Å². The number of nitrogens with one attached hydrogen (secondary N) is 1. The second-order valence-corrected chi connectivity index (χ2v) is 9.08. The van der Waals surface area contributed by atoms with Gasteiger partial charge in [-0.15, -0.1) is 11.3 Å². The molecule has 1 N–H and O–H groups in total. The molecular weight excluding hydrogens is 417 g/mol. The number of fused-ring (bicyclic) bond motifs is 1. The third-order valence-electron chi connectivity index (χ3n) is 5.75. The van der Waals surface area contributed by atoms with Crippen LogP contribution in [0.25, 0.3) is 0 Å². The molecule has 166 valence electrons. The number of amides is 3. The lowest BCUT2D eigenvalue weighted by molar-refractivity contribution is -0.135. The van der Waals surface area contributed by atoms with Gasteiger partial charge in [-0.2, -0.15) is 0 Å². The molecular formula is C23H28FN3O3S. The molecule has 4 rings (SSSR count). The van der Waals surface area contributed by atoms with E-state index in [0.717, 1.165) is 24.8 Å². The third kappa shape index (κ3) is 5.36. The fourth-order valence-electron chi connectivity index (χ4n) is 3.93. The molecule has 1 aromatic carbocycles. The van der Waals surface area contributed by atoms with E-state index in [0.29, 0.717) is 31.3 Å². The maximum absolute atomic E-state index is 13.3. The van der Waals surface area contributed by atoms with Gasteiger partial charge in [-0.25, -0.2) is 9.18 Å². The molecule has 0 bridgehead atoms. The number of ether oxygens (including phenoxy) is 1. The van der Waals surface area contributed by atoms with Crippen molar-refractivity contribution < 1.29 is 18.7 Å². The highest BCUT2D eigenvalue weighted by Crippen LogP contribution is 2.34. The number of halogens is 1. The Bertz CT molecular complexity index is 913. The predicted octanol–water partition coefficient (Wildman–Crippen LogP) is 3.83. The Labute approximate surface area is 186 Å². The van der Waals surface area contributed by atoms with Crippen LogP contribution in [0.4, 0.5) is 9.18 Å². The summed E-state index contributed by atoms with van der Waals surface area (Å²) < 4.78 is 19.1. The summed E-state index contributed by atoms with van der Waals surface area (Å²) in [5.74, 6) is 0.672. The van der Waals surface area contributed by atoms with E-state index >= 15 is 0 Å². The molecule has 1 aliphatic heterocycles. The molecule has 1 aromatic heterocycles. The largest absolute Gasteiger partial charge is 0.491 e. The number of rotatable bonds is 8. The van der Waals surface area contributed by atoms with Gasteiger partial charge in [0, 0.05) is 24.5 Å². The predicted molar refractivity (Wildman–Crippen MR) is 118 cm³/mol. The second kappa shape index (κ2) is 9.68. The third-order valence-corrected chi connectivity index (χ3v) is 6.75. The second-order valence-electron chi connectivity index (χ2n) is 8.08. The van der Waals surface area contributed by atoms with Crippen LogP contribution in [0.3, 0.4) is 0 Å². The highest BCUT2D eigenvalue weighted by atomic mass is 32.1. The number of hydrogen-bond donors (Lipinski definition) is 1. The van der Waals surface area contributed by atoms with Gasteiger partial charge >= 0.3 is 6.03 Å². The molecule has 2 aliphatic rings. The fourth-order valence-corrected chi connectivity index (χ4v) is 4.86. The van der Waals surface area contributed by atoms with E-state index in [-0.39, 0.29) is 36.9 Å². The molecule has 1 aliphatic carbocycles. The van der Waals surface area contributed by atoms with E-state index < -0.39 is 0 Å². The van der Waals surface area contributed by atoms with Crippen molar-refractivity contribution in [1.82, 2.24) is 15.1 Å². The SMILES string of the molecule is CCNC(=O)N(CC(=O)N1CCc2sccc2C1COc1ccc(F)cc1)CC1CC1. The van der Waals surface area contributed by atoms with Gasteiger partial charge in [0.1, 0.15) is 24.7 Å². The minimum absolute atomic E-state index is 0.0643. The van der Waals surface area contributed by atoms with Crippen LogP contribution in [0.15, 0.2) is 35.7 Å². The zero-order valence-electron chi connectivity index (χ0n) is 17.7. The molecule has 8 heteroatoms. The van der Waals surface area contributed by atoms with E-state index in [2.05, 4.69) is 5.32 Å². The van der Waals surface area contributed by atoms with Crippen molar-refractivity contribution in [3.05, 3.63) is 52.0 Å². The summed E-state index contributed by atoms with van der Waals surface area (Å²) in [6.07, 6.45) is 3.02. The maximum atomic E-state index is 13.3. The van der Waals surface area contributed by atoms with E-state index in [9.17, 15) is 14.0 Å². The fraction of sp³-hybridized carbons (Fsp3) is 0.478. The Kier molecular flexibility index (Phi) is 6.75. The zero-order valence-corrected chi connectivity index (χ0v) is 18.5. The zero-order chi connectivity index (χ0) is 21.8. The Hall–Kier alpha value is -2.61. The first kappa shape index (κ1) is 21.6. The van der Waals surface area contributed by atoms with Crippen molar-refractivity contribution in [3.8, 4) is 5.75 Å². The van der Waals surface area contributed by atoms with E-state index in [1.54, 1.807) is 28.4 Å². The number of nitrogens with zero attached hydrogens (tertiary/aromatic N) is 2. The standard InChI is InChI=1S/C23H28FN3O3S/c1-2-25-23(29)26(13-16-3-4-16)14-22(28)27-11-9-21-19(10-12-31-21)20(27)15-30-18-7-5-17(24)6-8-18/h5-8,10,12,16,20H,2-4,9,11,13-15H2,1H3,(H,25,29). The van der Waals surface area contributed by atoms with E-state index in [1.165, 1.54) is 17.0 Å². The number of carbonyl (C=O) groups is 2. The highest BCUT2D eigenvalue weighted by Gasteiger charge is 2.34. The van der Waals surface area contributed by atoms with Crippen LogP contribution in [0, 0.1) is 11.7 Å². The lowest BCUT2D eigenvalue weighted by Gasteiger charge is -2.37. The molecule has 0 spiro atoms. The van der Waals surface area contributed by atoms with Gasteiger partial charge in [0.15, 0.2) is 0 Å². The lowest BCUT2D eigenvalue weighted by atomic mass is 10.0. The topological polar surface area (TPSA) is 61.9 Å². The first-order valence-electron chi connectivity index (χ1n) is 10.8. The minimum atomic E-state index is -0.317. The van der Waals surface area contributed by atoms with Crippen molar-refractivity contribution in [2.24, 2.45) is 5.92 Å². The van der Waals surface area contributed by atoms with Crippen LogP contribution in [0.5, 0.6) is 5.75 Å². The Morgan fingerprint density at radius 2 is 2.03 bits per heavy atom. The molecule has 3 amide bonds. The number of hydrogen-bond acceptors (Lipinski definition) is 4. The Balaban J connectivity index is 1.48. The first-order chi connectivity index (χ1) is 15.0. The van der Waals surface area contributed by atoms with Crippen LogP contribution in [0.1, 0.15) is 36.2 Å². The van der Waals surface area contributed by atoms with Crippen molar-refractivity contribution in [3.63, 3.8) is 0 Å². The number of carbonyl (C=O) groups excluding carboxylic acids is 2. The Morgan fingerprint density at radius 3 is 2.74 bits per heavy atom. The number of thiophene rings is 1. The van der Waals surface area contributed by atoms with Crippen LogP contribution < -0.4 is 10.1 Å². The molecule has 1 atom stereocenters.